The van der Waals surface area contributed by atoms with E-state index in [0.717, 1.165) is 43.9 Å². The molecule has 0 bridgehead atoms. The summed E-state index contributed by atoms with van der Waals surface area (Å²) < 4.78 is 43.7. The summed E-state index contributed by atoms with van der Waals surface area (Å²) in [5.41, 5.74) is -0.976. The largest absolute Gasteiger partial charge is 0.391 e. The van der Waals surface area contributed by atoms with Crippen LogP contribution >= 0.6 is 11.6 Å². The summed E-state index contributed by atoms with van der Waals surface area (Å²) in [5, 5.41) is 25.8. The normalized spacial score (nSPS) is 17.4. The minimum absolute atomic E-state index is 0.00860. The molecule has 0 amide bonds. The number of β-amino-alcohol motifs (C(OH)–C–C–N with tert-alkyl or cyclic N) is 1. The lowest BCUT2D eigenvalue weighted by Crippen LogP contribution is -2.51. The van der Waals surface area contributed by atoms with Crippen LogP contribution in [0.4, 0.5) is 13.2 Å². The van der Waals surface area contributed by atoms with E-state index in [1.165, 1.54) is 35.5 Å². The molecule has 0 radical (unpaired) electrons. The molecule has 8 nitrogen and oxygen atoms in total. The van der Waals surface area contributed by atoms with Gasteiger partial charge in [-0.3, -0.25) is 14.7 Å². The van der Waals surface area contributed by atoms with E-state index in [0.29, 0.717) is 26.2 Å². The van der Waals surface area contributed by atoms with Gasteiger partial charge in [-0.05, 0) is 23.8 Å². The SMILES string of the molecule is OC(CCl)CN1CCN(CCN(Cc2ccc(F)cc2)CC(O)(Cn2cncn2)c2ccc(F)cc2F)CC1. The van der Waals surface area contributed by atoms with Gasteiger partial charge in [-0.1, -0.05) is 18.2 Å². The molecular weight excluding hydrogens is 533 g/mol. The van der Waals surface area contributed by atoms with Crippen LogP contribution in [0.5, 0.6) is 0 Å². The lowest BCUT2D eigenvalue weighted by molar-refractivity contribution is -0.0263. The van der Waals surface area contributed by atoms with Gasteiger partial charge in [0.05, 0.1) is 12.6 Å². The predicted octanol–water partition coefficient (Wildman–Crippen LogP) is 2.30. The maximum absolute atomic E-state index is 15.0. The summed E-state index contributed by atoms with van der Waals surface area (Å²) >= 11 is 5.73. The average Bonchev–Trinajstić information content (AvgIpc) is 3.42. The summed E-state index contributed by atoms with van der Waals surface area (Å²) in [4.78, 5) is 10.4. The number of hydrogen-bond donors (Lipinski definition) is 2. The zero-order valence-corrected chi connectivity index (χ0v) is 22.4. The number of aliphatic hydroxyl groups excluding tert-OH is 1. The van der Waals surface area contributed by atoms with Crippen LogP contribution in [0.3, 0.4) is 0 Å². The van der Waals surface area contributed by atoms with Gasteiger partial charge in [0.25, 0.3) is 0 Å². The van der Waals surface area contributed by atoms with Crippen molar-refractivity contribution < 1.29 is 23.4 Å². The van der Waals surface area contributed by atoms with Crippen molar-refractivity contribution in [3.8, 4) is 0 Å². The van der Waals surface area contributed by atoms with Crippen molar-refractivity contribution in [2.24, 2.45) is 0 Å². The number of benzene rings is 2. The second-order valence-corrected chi connectivity index (χ2v) is 10.3. The zero-order valence-electron chi connectivity index (χ0n) is 21.6. The molecule has 1 aliphatic heterocycles. The third kappa shape index (κ3) is 8.47. The second kappa shape index (κ2) is 13.7. The van der Waals surface area contributed by atoms with Gasteiger partial charge < -0.3 is 10.2 Å². The molecule has 2 heterocycles. The fourth-order valence-corrected chi connectivity index (χ4v) is 5.02. The number of piperazine rings is 1. The summed E-state index contributed by atoms with van der Waals surface area (Å²) in [5.74, 6) is -1.74. The molecule has 1 aromatic heterocycles. The molecule has 1 saturated heterocycles. The molecule has 0 saturated carbocycles. The van der Waals surface area contributed by atoms with Gasteiger partial charge >= 0.3 is 0 Å². The second-order valence-electron chi connectivity index (χ2n) is 10.0. The van der Waals surface area contributed by atoms with Crippen LogP contribution in [0.25, 0.3) is 0 Å². The molecule has 3 aromatic rings. The first-order chi connectivity index (χ1) is 18.7. The highest BCUT2D eigenvalue weighted by atomic mass is 35.5. The molecule has 39 heavy (non-hydrogen) atoms. The number of aromatic nitrogens is 3. The maximum Gasteiger partial charge on any atom is 0.137 e. The molecule has 2 aromatic carbocycles. The van der Waals surface area contributed by atoms with Crippen LogP contribution in [0.1, 0.15) is 11.1 Å². The van der Waals surface area contributed by atoms with Crippen LogP contribution in [-0.2, 0) is 18.7 Å². The minimum atomic E-state index is -1.76. The van der Waals surface area contributed by atoms with Crippen LogP contribution in [0.15, 0.2) is 55.1 Å². The van der Waals surface area contributed by atoms with Gasteiger partial charge in [0, 0.05) is 76.4 Å². The summed E-state index contributed by atoms with van der Waals surface area (Å²) in [6.07, 6.45) is 2.19. The molecule has 1 fully saturated rings. The predicted molar refractivity (Wildman–Crippen MR) is 142 cm³/mol. The number of rotatable bonds is 13. The summed E-state index contributed by atoms with van der Waals surface area (Å²) in [7, 11) is 0. The molecule has 212 valence electrons. The third-order valence-corrected chi connectivity index (χ3v) is 7.33. The lowest BCUT2D eigenvalue weighted by atomic mass is 9.92. The van der Waals surface area contributed by atoms with Gasteiger partial charge in [0.2, 0.25) is 0 Å². The lowest BCUT2D eigenvalue weighted by Gasteiger charge is -2.38. The van der Waals surface area contributed by atoms with Crippen LogP contribution in [0, 0.1) is 17.5 Å². The van der Waals surface area contributed by atoms with Crippen molar-refractivity contribution in [3.63, 3.8) is 0 Å². The van der Waals surface area contributed by atoms with E-state index in [9.17, 15) is 23.4 Å². The van der Waals surface area contributed by atoms with E-state index >= 15 is 0 Å². The molecular formula is C27H34ClF3N6O2. The third-order valence-electron chi connectivity index (χ3n) is 6.97. The fraction of sp³-hybridized carbons (Fsp3) is 0.481. The Morgan fingerprint density at radius 1 is 1.00 bits per heavy atom. The molecule has 4 rings (SSSR count). The summed E-state index contributed by atoms with van der Waals surface area (Å²) in [6.45, 7) is 5.22. The topological polar surface area (TPSA) is 80.9 Å². The van der Waals surface area contributed by atoms with Crippen molar-refractivity contribution in [1.29, 1.82) is 0 Å². The minimum Gasteiger partial charge on any atom is -0.391 e. The van der Waals surface area contributed by atoms with Gasteiger partial charge in [-0.25, -0.2) is 22.8 Å². The highest BCUT2D eigenvalue weighted by molar-refractivity contribution is 6.18. The fourth-order valence-electron chi connectivity index (χ4n) is 4.93. The van der Waals surface area contributed by atoms with Crippen molar-refractivity contribution in [1.82, 2.24) is 29.5 Å². The van der Waals surface area contributed by atoms with Gasteiger partial charge in [-0.15, -0.1) is 11.6 Å². The van der Waals surface area contributed by atoms with Crippen molar-refractivity contribution >= 4 is 11.6 Å². The number of aliphatic hydroxyl groups is 2. The van der Waals surface area contributed by atoms with Crippen molar-refractivity contribution in [2.75, 3.05) is 58.2 Å². The first kappa shape index (κ1) is 29.4. The maximum atomic E-state index is 15.0. The number of nitrogens with zero attached hydrogens (tertiary/aromatic N) is 6. The number of hydrogen-bond acceptors (Lipinski definition) is 7. The first-order valence-corrected chi connectivity index (χ1v) is 13.4. The molecule has 0 aliphatic carbocycles. The van der Waals surface area contributed by atoms with Crippen LogP contribution in [0.2, 0.25) is 0 Å². The molecule has 12 heteroatoms. The van der Waals surface area contributed by atoms with E-state index in [1.54, 1.807) is 12.1 Å². The van der Waals surface area contributed by atoms with Gasteiger partial charge in [0.1, 0.15) is 35.7 Å². The Morgan fingerprint density at radius 2 is 1.69 bits per heavy atom. The van der Waals surface area contributed by atoms with Crippen molar-refractivity contribution in [2.45, 2.75) is 24.8 Å². The highest BCUT2D eigenvalue weighted by Crippen LogP contribution is 2.28. The van der Waals surface area contributed by atoms with Crippen LogP contribution in [-0.4, -0.2) is 104 Å². The molecule has 2 atom stereocenters. The van der Waals surface area contributed by atoms with Crippen LogP contribution < -0.4 is 0 Å². The smallest absolute Gasteiger partial charge is 0.137 e. The molecule has 2 unspecified atom stereocenters. The van der Waals surface area contributed by atoms with E-state index in [2.05, 4.69) is 19.9 Å². The highest BCUT2D eigenvalue weighted by Gasteiger charge is 2.36. The number of alkyl halides is 1. The molecule has 1 aliphatic rings. The first-order valence-electron chi connectivity index (χ1n) is 12.9. The van der Waals surface area contributed by atoms with Crippen molar-refractivity contribution in [3.05, 3.63) is 83.7 Å². The standard InChI is InChI=1S/C27H34ClF3N6O2/c28-14-24(38)16-35-10-7-34(8-11-35)9-12-36(15-21-1-3-22(29)4-2-21)17-27(39,18-37-20-32-19-33-37)25-6-5-23(30)13-26(25)31/h1-6,13,19-20,24,38-39H,7-12,14-18H2. The Balaban J connectivity index is 1.51. The van der Waals surface area contributed by atoms with E-state index in [4.69, 9.17) is 11.6 Å². The molecule has 0 spiro atoms. The monoisotopic (exact) mass is 566 g/mol. The Bertz CT molecular complexity index is 1160. The number of halogens is 4. The van der Waals surface area contributed by atoms with E-state index < -0.39 is 23.3 Å². The van der Waals surface area contributed by atoms with Gasteiger partial charge in [-0.2, -0.15) is 5.10 Å². The summed E-state index contributed by atoms with van der Waals surface area (Å²) in [6, 6.07) is 9.25. The average molecular weight is 567 g/mol. The zero-order chi connectivity index (χ0) is 27.8. The van der Waals surface area contributed by atoms with E-state index in [-0.39, 0.29) is 30.4 Å². The molecule has 2 N–H and O–H groups in total. The Labute approximate surface area is 231 Å². The quantitative estimate of drug-likeness (QED) is 0.307. The Kier molecular flexibility index (Phi) is 10.3. The van der Waals surface area contributed by atoms with Gasteiger partial charge in [0.15, 0.2) is 0 Å². The Hall–Kier alpha value is -2.54. The van der Waals surface area contributed by atoms with E-state index in [1.807, 2.05) is 4.90 Å². The Morgan fingerprint density at radius 3 is 2.33 bits per heavy atom.